The first kappa shape index (κ1) is 17.1. The second kappa shape index (κ2) is 8.32. The minimum absolute atomic E-state index is 0.0644. The Labute approximate surface area is 126 Å². The van der Waals surface area contributed by atoms with E-state index < -0.39 is 0 Å². The van der Waals surface area contributed by atoms with Crippen LogP contribution in [0.5, 0.6) is 0 Å². The lowest BCUT2D eigenvalue weighted by Gasteiger charge is -2.24. The summed E-state index contributed by atoms with van der Waals surface area (Å²) in [6.45, 7) is 5.31. The van der Waals surface area contributed by atoms with Crippen molar-refractivity contribution < 1.29 is 4.79 Å². The van der Waals surface area contributed by atoms with Gasteiger partial charge in [0.15, 0.2) is 0 Å². The fourth-order valence-electron chi connectivity index (χ4n) is 2.26. The molecule has 0 fully saturated rings. The fraction of sp³-hybridized carbons (Fsp3) is 0.562. The van der Waals surface area contributed by atoms with Gasteiger partial charge in [-0.05, 0) is 36.3 Å². The molecule has 0 radical (unpaired) electrons. The Morgan fingerprint density at radius 1 is 1.30 bits per heavy atom. The standard InChI is InChI=1S/C16H26N2OS/c1-12(2)9-14(10-17)16(19)18(3)11-13-5-7-15(20-4)8-6-13/h5-8,12,14H,9-11,17H2,1-4H3. The van der Waals surface area contributed by atoms with Crippen LogP contribution in [0.3, 0.4) is 0 Å². The molecule has 0 saturated heterocycles. The Morgan fingerprint density at radius 3 is 2.35 bits per heavy atom. The van der Waals surface area contributed by atoms with Crippen molar-refractivity contribution in [3.05, 3.63) is 29.8 Å². The zero-order valence-corrected chi connectivity index (χ0v) is 13.7. The second-order valence-electron chi connectivity index (χ2n) is 5.60. The maximum absolute atomic E-state index is 12.4. The molecule has 1 amide bonds. The second-order valence-corrected chi connectivity index (χ2v) is 6.48. The number of nitrogens with zero attached hydrogens (tertiary/aromatic N) is 1. The van der Waals surface area contributed by atoms with Gasteiger partial charge in [0.2, 0.25) is 5.91 Å². The molecule has 0 aliphatic carbocycles. The summed E-state index contributed by atoms with van der Waals surface area (Å²) in [6.07, 6.45) is 2.91. The molecule has 1 rings (SSSR count). The number of amides is 1. The molecule has 20 heavy (non-hydrogen) atoms. The monoisotopic (exact) mass is 294 g/mol. The maximum Gasteiger partial charge on any atom is 0.227 e. The number of hydrogen-bond acceptors (Lipinski definition) is 3. The molecule has 112 valence electrons. The van der Waals surface area contributed by atoms with Crippen molar-refractivity contribution in [2.75, 3.05) is 19.8 Å². The van der Waals surface area contributed by atoms with Gasteiger partial charge in [-0.1, -0.05) is 26.0 Å². The Bertz CT molecular complexity index is 417. The number of rotatable bonds is 7. The lowest BCUT2D eigenvalue weighted by Crippen LogP contribution is -2.36. The predicted molar refractivity (Wildman–Crippen MR) is 86.7 cm³/mol. The lowest BCUT2D eigenvalue weighted by atomic mass is 9.96. The molecule has 3 nitrogen and oxygen atoms in total. The van der Waals surface area contributed by atoms with Crippen LogP contribution in [0.15, 0.2) is 29.2 Å². The lowest BCUT2D eigenvalue weighted by molar-refractivity contribution is -0.134. The van der Waals surface area contributed by atoms with Crippen LogP contribution in [-0.4, -0.2) is 30.7 Å². The van der Waals surface area contributed by atoms with Crippen molar-refractivity contribution >= 4 is 17.7 Å². The quantitative estimate of drug-likeness (QED) is 0.786. The van der Waals surface area contributed by atoms with Gasteiger partial charge < -0.3 is 10.6 Å². The molecular formula is C16H26N2OS. The summed E-state index contributed by atoms with van der Waals surface area (Å²) in [4.78, 5) is 15.4. The normalized spacial score (nSPS) is 12.5. The van der Waals surface area contributed by atoms with Crippen molar-refractivity contribution in [1.82, 2.24) is 4.90 Å². The Balaban J connectivity index is 2.63. The number of nitrogens with two attached hydrogens (primary N) is 1. The third kappa shape index (κ3) is 5.17. The van der Waals surface area contributed by atoms with E-state index in [-0.39, 0.29) is 11.8 Å². The molecule has 0 aromatic heterocycles. The topological polar surface area (TPSA) is 46.3 Å². The molecule has 1 atom stereocenters. The zero-order valence-electron chi connectivity index (χ0n) is 12.9. The molecule has 0 bridgehead atoms. The van der Waals surface area contributed by atoms with E-state index in [1.807, 2.05) is 7.05 Å². The zero-order chi connectivity index (χ0) is 15.1. The summed E-state index contributed by atoms with van der Waals surface area (Å²) in [6, 6.07) is 8.34. The number of carbonyl (C=O) groups is 1. The Hall–Kier alpha value is -1.00. The summed E-state index contributed by atoms with van der Waals surface area (Å²) in [5.41, 5.74) is 6.89. The molecule has 2 N–H and O–H groups in total. The van der Waals surface area contributed by atoms with Gasteiger partial charge in [0.25, 0.3) is 0 Å². The van der Waals surface area contributed by atoms with E-state index in [1.54, 1.807) is 16.7 Å². The van der Waals surface area contributed by atoms with E-state index in [0.29, 0.717) is 19.0 Å². The van der Waals surface area contributed by atoms with Gasteiger partial charge in [-0.25, -0.2) is 0 Å². The highest BCUT2D eigenvalue weighted by molar-refractivity contribution is 7.98. The Kier molecular flexibility index (Phi) is 7.10. The van der Waals surface area contributed by atoms with Gasteiger partial charge in [-0.2, -0.15) is 0 Å². The first-order valence-electron chi connectivity index (χ1n) is 7.05. The van der Waals surface area contributed by atoms with Crippen LogP contribution < -0.4 is 5.73 Å². The van der Waals surface area contributed by atoms with E-state index in [1.165, 1.54) is 4.90 Å². The van der Waals surface area contributed by atoms with Gasteiger partial charge in [0.05, 0.1) is 5.92 Å². The molecule has 4 heteroatoms. The van der Waals surface area contributed by atoms with Gasteiger partial charge in [0.1, 0.15) is 0 Å². The maximum atomic E-state index is 12.4. The van der Waals surface area contributed by atoms with Crippen LogP contribution in [0, 0.1) is 11.8 Å². The summed E-state index contributed by atoms with van der Waals surface area (Å²) in [7, 11) is 1.85. The summed E-state index contributed by atoms with van der Waals surface area (Å²) in [5, 5.41) is 0. The van der Waals surface area contributed by atoms with E-state index in [0.717, 1.165) is 12.0 Å². The molecule has 1 aromatic rings. The third-order valence-corrected chi connectivity index (χ3v) is 4.09. The van der Waals surface area contributed by atoms with Gasteiger partial charge in [0, 0.05) is 25.0 Å². The number of thioether (sulfide) groups is 1. The predicted octanol–water partition coefficient (Wildman–Crippen LogP) is 2.99. The molecule has 1 unspecified atom stereocenters. The first-order chi connectivity index (χ1) is 9.47. The van der Waals surface area contributed by atoms with Crippen LogP contribution in [0.2, 0.25) is 0 Å². The van der Waals surface area contributed by atoms with Crippen molar-refractivity contribution in [2.24, 2.45) is 17.6 Å². The number of benzene rings is 1. The SMILES string of the molecule is CSc1ccc(CN(C)C(=O)C(CN)CC(C)C)cc1. The van der Waals surface area contributed by atoms with Crippen LogP contribution in [0.1, 0.15) is 25.8 Å². The van der Waals surface area contributed by atoms with Crippen molar-refractivity contribution in [1.29, 1.82) is 0 Å². The van der Waals surface area contributed by atoms with Crippen LogP contribution >= 0.6 is 11.8 Å². The molecule has 0 saturated carbocycles. The van der Waals surface area contributed by atoms with Crippen LogP contribution in [0.25, 0.3) is 0 Å². The highest BCUT2D eigenvalue weighted by Crippen LogP contribution is 2.17. The minimum atomic E-state index is -0.0644. The van der Waals surface area contributed by atoms with Crippen LogP contribution in [0.4, 0.5) is 0 Å². The minimum Gasteiger partial charge on any atom is -0.341 e. The first-order valence-corrected chi connectivity index (χ1v) is 8.28. The fourth-order valence-corrected chi connectivity index (χ4v) is 2.67. The smallest absolute Gasteiger partial charge is 0.227 e. The van der Waals surface area contributed by atoms with Crippen molar-refractivity contribution in [3.8, 4) is 0 Å². The molecule has 1 aromatic carbocycles. The van der Waals surface area contributed by atoms with Gasteiger partial charge >= 0.3 is 0 Å². The third-order valence-electron chi connectivity index (χ3n) is 3.34. The molecule has 0 spiro atoms. The van der Waals surface area contributed by atoms with Crippen LogP contribution in [-0.2, 0) is 11.3 Å². The van der Waals surface area contributed by atoms with Gasteiger partial charge in [-0.15, -0.1) is 11.8 Å². The average Bonchev–Trinajstić information content (AvgIpc) is 2.44. The summed E-state index contributed by atoms with van der Waals surface area (Å²) >= 11 is 1.72. The van der Waals surface area contributed by atoms with Gasteiger partial charge in [-0.3, -0.25) is 4.79 Å². The van der Waals surface area contributed by atoms with E-state index >= 15 is 0 Å². The van der Waals surface area contributed by atoms with E-state index in [4.69, 9.17) is 5.73 Å². The van der Waals surface area contributed by atoms with Crippen molar-refractivity contribution in [3.63, 3.8) is 0 Å². The number of hydrogen-bond donors (Lipinski definition) is 1. The molecular weight excluding hydrogens is 268 g/mol. The van der Waals surface area contributed by atoms with E-state index in [2.05, 4.69) is 44.4 Å². The van der Waals surface area contributed by atoms with E-state index in [9.17, 15) is 4.79 Å². The molecule has 0 aliphatic heterocycles. The average molecular weight is 294 g/mol. The number of carbonyl (C=O) groups excluding carboxylic acids is 1. The molecule has 0 heterocycles. The molecule has 0 aliphatic rings. The van der Waals surface area contributed by atoms with Crippen molar-refractivity contribution in [2.45, 2.75) is 31.7 Å². The highest BCUT2D eigenvalue weighted by atomic mass is 32.2. The summed E-state index contributed by atoms with van der Waals surface area (Å²) < 4.78 is 0. The highest BCUT2D eigenvalue weighted by Gasteiger charge is 2.21. The summed E-state index contributed by atoms with van der Waals surface area (Å²) in [5.74, 6) is 0.572. The largest absolute Gasteiger partial charge is 0.341 e. The Morgan fingerprint density at radius 2 is 1.90 bits per heavy atom.